The molecule has 1 N–H and O–H groups in total. The first-order valence-electron chi connectivity index (χ1n) is 8.19. The molecule has 2 aromatic rings. The largest absolute Gasteiger partial charge is 0.340 e. The van der Waals surface area contributed by atoms with Crippen LogP contribution in [0.25, 0.3) is 0 Å². The molecule has 0 saturated carbocycles. The van der Waals surface area contributed by atoms with Crippen molar-refractivity contribution in [3.8, 4) is 0 Å². The minimum absolute atomic E-state index is 0.0841. The van der Waals surface area contributed by atoms with Crippen LogP contribution in [0.4, 0.5) is 15.9 Å². The molecule has 5 nitrogen and oxygen atoms in total. The third-order valence-electron chi connectivity index (χ3n) is 4.06. The van der Waals surface area contributed by atoms with E-state index in [1.165, 1.54) is 6.07 Å². The van der Waals surface area contributed by atoms with Crippen LogP contribution in [0.1, 0.15) is 0 Å². The second-order valence-electron chi connectivity index (χ2n) is 5.97. The highest BCUT2D eigenvalue weighted by atomic mass is 35.5. The number of nitrogens with one attached hydrogen (secondary N) is 1. The molecule has 8 heteroatoms. The Morgan fingerprint density at radius 1 is 1.24 bits per heavy atom. The van der Waals surface area contributed by atoms with Crippen LogP contribution in [0.2, 0.25) is 5.02 Å². The zero-order valence-electron chi connectivity index (χ0n) is 14.1. The first-order valence-corrected chi connectivity index (χ1v) is 9.55. The Morgan fingerprint density at radius 2 is 2.04 bits per heavy atom. The average molecular weight is 382 g/mol. The molecule has 0 radical (unpaired) electrons. The van der Waals surface area contributed by atoms with Gasteiger partial charge in [0.2, 0.25) is 0 Å². The maximum absolute atomic E-state index is 13.2. The van der Waals surface area contributed by atoms with Gasteiger partial charge in [0.15, 0.2) is 5.16 Å². The monoisotopic (exact) mass is 381 g/mol. The van der Waals surface area contributed by atoms with Crippen molar-refractivity contribution in [3.63, 3.8) is 0 Å². The van der Waals surface area contributed by atoms with Crippen LogP contribution in [-0.2, 0) is 0 Å². The van der Waals surface area contributed by atoms with E-state index in [1.54, 1.807) is 36.2 Å². The van der Waals surface area contributed by atoms with Crippen molar-refractivity contribution in [2.75, 3.05) is 50.8 Å². The third-order valence-corrected chi connectivity index (χ3v) is 5.19. The number of halogens is 2. The number of aromatic nitrogens is 2. The minimum Gasteiger partial charge on any atom is -0.340 e. The predicted octanol–water partition coefficient (Wildman–Crippen LogP) is 3.35. The maximum Gasteiger partial charge on any atom is 0.189 e. The molecule has 0 aliphatic carbocycles. The maximum atomic E-state index is 13.2. The van der Waals surface area contributed by atoms with Crippen LogP contribution in [-0.4, -0.2) is 65.3 Å². The van der Waals surface area contributed by atoms with E-state index in [0.717, 1.165) is 43.6 Å². The highest BCUT2D eigenvalue weighted by Gasteiger charge is 2.13. The highest BCUT2D eigenvalue weighted by Crippen LogP contribution is 2.23. The molecule has 134 valence electrons. The van der Waals surface area contributed by atoms with Crippen molar-refractivity contribution in [1.82, 2.24) is 19.8 Å². The van der Waals surface area contributed by atoms with Crippen molar-refractivity contribution in [2.24, 2.45) is 0 Å². The van der Waals surface area contributed by atoms with Gasteiger partial charge >= 0.3 is 0 Å². The fourth-order valence-electron chi connectivity index (χ4n) is 2.54. The quantitative estimate of drug-likeness (QED) is 0.611. The fourth-order valence-corrected chi connectivity index (χ4v) is 3.55. The number of benzene rings is 1. The molecule has 1 aromatic carbocycles. The van der Waals surface area contributed by atoms with Gasteiger partial charge in [-0.05, 0) is 31.3 Å². The molecular formula is C17H21ClFN5S. The summed E-state index contributed by atoms with van der Waals surface area (Å²) in [6, 6.07) is 6.28. The molecule has 0 amide bonds. The number of anilines is 2. The molecule has 0 spiro atoms. The van der Waals surface area contributed by atoms with E-state index in [4.69, 9.17) is 11.6 Å². The Kier molecular flexibility index (Phi) is 6.47. The van der Waals surface area contributed by atoms with E-state index < -0.39 is 5.82 Å². The van der Waals surface area contributed by atoms with Gasteiger partial charge in [0.05, 0.1) is 5.02 Å². The summed E-state index contributed by atoms with van der Waals surface area (Å²) >= 11 is 7.44. The average Bonchev–Trinajstić information content (AvgIpc) is 2.60. The van der Waals surface area contributed by atoms with E-state index in [-0.39, 0.29) is 5.02 Å². The second kappa shape index (κ2) is 8.80. The molecule has 1 aliphatic heterocycles. The summed E-state index contributed by atoms with van der Waals surface area (Å²) < 4.78 is 13.2. The smallest absolute Gasteiger partial charge is 0.189 e. The Bertz CT molecular complexity index is 709. The van der Waals surface area contributed by atoms with Crippen molar-refractivity contribution in [3.05, 3.63) is 41.3 Å². The number of likely N-dealkylation sites (N-methyl/N-ethyl adjacent to an activating group) is 1. The van der Waals surface area contributed by atoms with Gasteiger partial charge in [0.25, 0.3) is 0 Å². The van der Waals surface area contributed by atoms with Crippen molar-refractivity contribution >= 4 is 34.9 Å². The topological polar surface area (TPSA) is 44.3 Å². The molecule has 1 saturated heterocycles. The first kappa shape index (κ1) is 18.4. The van der Waals surface area contributed by atoms with E-state index in [1.807, 2.05) is 0 Å². The zero-order chi connectivity index (χ0) is 17.6. The van der Waals surface area contributed by atoms with Crippen LogP contribution in [0.5, 0.6) is 0 Å². The van der Waals surface area contributed by atoms with E-state index in [2.05, 4.69) is 32.1 Å². The lowest BCUT2D eigenvalue weighted by Gasteiger charge is -2.32. The minimum atomic E-state index is -0.435. The van der Waals surface area contributed by atoms with Crippen LogP contribution < -0.4 is 5.32 Å². The van der Waals surface area contributed by atoms with Crippen molar-refractivity contribution in [2.45, 2.75) is 5.16 Å². The summed E-state index contributed by atoms with van der Waals surface area (Å²) in [5, 5.41) is 3.94. The predicted molar refractivity (Wildman–Crippen MR) is 101 cm³/mol. The van der Waals surface area contributed by atoms with Gasteiger partial charge in [-0.1, -0.05) is 23.4 Å². The number of rotatable bonds is 6. The first-order chi connectivity index (χ1) is 12.1. The Balaban J connectivity index is 1.51. The van der Waals surface area contributed by atoms with Gasteiger partial charge in [-0.25, -0.2) is 14.4 Å². The van der Waals surface area contributed by atoms with Crippen LogP contribution in [0.15, 0.2) is 35.6 Å². The van der Waals surface area contributed by atoms with Gasteiger partial charge in [0, 0.05) is 50.4 Å². The molecule has 0 unspecified atom stereocenters. The summed E-state index contributed by atoms with van der Waals surface area (Å²) in [6.45, 7) is 5.52. The standard InChI is InChI=1S/C17H21ClFN5S/c1-23-6-8-24(9-7-23)10-11-25-17-20-5-4-16(22-17)21-13-2-3-15(19)14(18)12-13/h2-5,12H,6-11H2,1H3,(H,20,21,22). The van der Waals surface area contributed by atoms with E-state index in [0.29, 0.717) is 11.5 Å². The number of hydrogen-bond acceptors (Lipinski definition) is 6. The van der Waals surface area contributed by atoms with Gasteiger partial charge in [0.1, 0.15) is 11.6 Å². The fraction of sp³-hybridized carbons (Fsp3) is 0.412. The summed E-state index contributed by atoms with van der Waals surface area (Å²) in [5.74, 6) is 1.19. The molecular weight excluding hydrogens is 361 g/mol. The molecule has 0 atom stereocenters. The van der Waals surface area contributed by atoms with Gasteiger partial charge in [-0.15, -0.1) is 0 Å². The summed E-state index contributed by atoms with van der Waals surface area (Å²) in [5.41, 5.74) is 0.693. The zero-order valence-corrected chi connectivity index (χ0v) is 15.7. The SMILES string of the molecule is CN1CCN(CCSc2nccc(Nc3ccc(F)c(Cl)c3)n2)CC1. The lowest BCUT2D eigenvalue weighted by atomic mass is 10.3. The number of thioether (sulfide) groups is 1. The lowest BCUT2D eigenvalue weighted by molar-refractivity contribution is 0.161. The third kappa shape index (κ3) is 5.54. The molecule has 1 fully saturated rings. The van der Waals surface area contributed by atoms with Gasteiger partial charge < -0.3 is 10.2 Å². The number of hydrogen-bond donors (Lipinski definition) is 1. The van der Waals surface area contributed by atoms with Crippen molar-refractivity contribution < 1.29 is 4.39 Å². The van der Waals surface area contributed by atoms with Crippen LogP contribution in [0.3, 0.4) is 0 Å². The molecule has 25 heavy (non-hydrogen) atoms. The Hall–Kier alpha value is -1.41. The molecule has 1 aliphatic rings. The van der Waals surface area contributed by atoms with Gasteiger partial charge in [-0.3, -0.25) is 4.90 Å². The summed E-state index contributed by atoms with van der Waals surface area (Å²) in [7, 11) is 2.16. The summed E-state index contributed by atoms with van der Waals surface area (Å²) in [6.07, 6.45) is 1.72. The second-order valence-corrected chi connectivity index (χ2v) is 7.44. The lowest BCUT2D eigenvalue weighted by Crippen LogP contribution is -2.45. The van der Waals surface area contributed by atoms with Crippen molar-refractivity contribution in [1.29, 1.82) is 0 Å². The Morgan fingerprint density at radius 3 is 2.80 bits per heavy atom. The van der Waals surface area contributed by atoms with Crippen LogP contribution >= 0.6 is 23.4 Å². The van der Waals surface area contributed by atoms with Crippen LogP contribution in [0, 0.1) is 5.82 Å². The van der Waals surface area contributed by atoms with E-state index >= 15 is 0 Å². The normalized spacial score (nSPS) is 16.1. The number of nitrogens with zero attached hydrogens (tertiary/aromatic N) is 4. The molecule has 3 rings (SSSR count). The molecule has 2 heterocycles. The Labute approximate surface area is 156 Å². The van der Waals surface area contributed by atoms with Gasteiger partial charge in [-0.2, -0.15) is 0 Å². The van der Waals surface area contributed by atoms with E-state index in [9.17, 15) is 4.39 Å². The summed E-state index contributed by atoms with van der Waals surface area (Å²) in [4.78, 5) is 13.6. The number of piperazine rings is 1. The molecule has 1 aromatic heterocycles. The highest BCUT2D eigenvalue weighted by molar-refractivity contribution is 7.99. The molecule has 0 bridgehead atoms.